The summed E-state index contributed by atoms with van der Waals surface area (Å²) in [6.45, 7) is 2.64. The van der Waals surface area contributed by atoms with Gasteiger partial charge in [-0.15, -0.1) is 5.10 Å². The van der Waals surface area contributed by atoms with Crippen LogP contribution in [0, 0.1) is 6.92 Å². The molecule has 0 fully saturated rings. The van der Waals surface area contributed by atoms with Gasteiger partial charge in [0.05, 0.1) is 12.3 Å². The molecule has 0 saturated carbocycles. The van der Waals surface area contributed by atoms with E-state index in [-0.39, 0.29) is 0 Å². The highest BCUT2D eigenvalue weighted by Crippen LogP contribution is 2.20. The maximum Gasteiger partial charge on any atom is 0.214 e. The van der Waals surface area contributed by atoms with Gasteiger partial charge in [-0.3, -0.25) is 0 Å². The fraction of sp³-hybridized carbons (Fsp3) is 0.188. The van der Waals surface area contributed by atoms with E-state index in [0.717, 1.165) is 22.3 Å². The van der Waals surface area contributed by atoms with Crippen molar-refractivity contribution in [3.8, 4) is 11.4 Å². The summed E-state index contributed by atoms with van der Waals surface area (Å²) in [5.41, 5.74) is 2.09. The molecule has 0 N–H and O–H groups in total. The third-order valence-corrected chi connectivity index (χ3v) is 4.25. The standard InChI is InChI=1S/C16H15ClN4OS/c1-12-2-8-15(9-3-12)22-10-11-23-16-18-19-20-21(16)14-6-4-13(17)5-7-14/h2-9H,10-11H2,1H3. The number of nitrogens with zero attached hydrogens (tertiary/aromatic N) is 4. The van der Waals surface area contributed by atoms with Crippen LogP contribution in [0.25, 0.3) is 5.69 Å². The predicted octanol–water partition coefficient (Wildman–Crippen LogP) is 3.80. The molecule has 7 heteroatoms. The Balaban J connectivity index is 1.56. The molecule has 0 saturated heterocycles. The number of hydrogen-bond acceptors (Lipinski definition) is 5. The van der Waals surface area contributed by atoms with Crippen molar-refractivity contribution in [3.05, 3.63) is 59.1 Å². The van der Waals surface area contributed by atoms with Crippen molar-refractivity contribution in [2.75, 3.05) is 12.4 Å². The average Bonchev–Trinajstić information content (AvgIpc) is 3.02. The lowest BCUT2D eigenvalue weighted by molar-refractivity contribution is 0.344. The summed E-state index contributed by atoms with van der Waals surface area (Å²) in [4.78, 5) is 0. The number of rotatable bonds is 6. The van der Waals surface area contributed by atoms with Crippen LogP contribution in [0.4, 0.5) is 0 Å². The molecule has 1 heterocycles. The van der Waals surface area contributed by atoms with Gasteiger partial charge in [-0.25, -0.2) is 0 Å². The van der Waals surface area contributed by atoms with Crippen LogP contribution in [0.2, 0.25) is 5.02 Å². The molecule has 3 aromatic rings. The maximum atomic E-state index is 5.90. The van der Waals surface area contributed by atoms with E-state index in [0.29, 0.717) is 11.6 Å². The molecule has 1 aromatic heterocycles. The Kier molecular flexibility index (Phi) is 5.15. The summed E-state index contributed by atoms with van der Waals surface area (Å²) >= 11 is 7.44. The van der Waals surface area contributed by atoms with E-state index < -0.39 is 0 Å². The van der Waals surface area contributed by atoms with Gasteiger partial charge in [0.25, 0.3) is 0 Å². The molecule has 0 radical (unpaired) electrons. The van der Waals surface area contributed by atoms with E-state index in [1.807, 2.05) is 48.5 Å². The van der Waals surface area contributed by atoms with Gasteiger partial charge in [-0.1, -0.05) is 41.1 Å². The molecule has 0 aliphatic carbocycles. The first-order chi connectivity index (χ1) is 11.2. The Hall–Kier alpha value is -2.05. The van der Waals surface area contributed by atoms with Crippen LogP contribution in [-0.2, 0) is 0 Å². The molecule has 3 rings (SSSR count). The lowest BCUT2D eigenvalue weighted by Gasteiger charge is -2.06. The van der Waals surface area contributed by atoms with Crippen molar-refractivity contribution in [3.63, 3.8) is 0 Å². The molecule has 0 amide bonds. The van der Waals surface area contributed by atoms with E-state index in [4.69, 9.17) is 16.3 Å². The number of halogens is 1. The van der Waals surface area contributed by atoms with Gasteiger partial charge < -0.3 is 4.74 Å². The van der Waals surface area contributed by atoms with Crippen LogP contribution in [0.1, 0.15) is 5.56 Å². The second-order valence-corrected chi connectivity index (χ2v) is 6.36. The van der Waals surface area contributed by atoms with Gasteiger partial charge in [0.2, 0.25) is 5.16 Å². The zero-order valence-corrected chi connectivity index (χ0v) is 14.1. The minimum absolute atomic E-state index is 0.585. The molecule has 23 heavy (non-hydrogen) atoms. The molecule has 2 aromatic carbocycles. The highest BCUT2D eigenvalue weighted by atomic mass is 35.5. The van der Waals surface area contributed by atoms with E-state index in [9.17, 15) is 0 Å². The van der Waals surface area contributed by atoms with Gasteiger partial charge in [-0.05, 0) is 53.7 Å². The van der Waals surface area contributed by atoms with Crippen LogP contribution in [0.5, 0.6) is 5.75 Å². The lowest BCUT2D eigenvalue weighted by atomic mass is 10.2. The highest BCUT2D eigenvalue weighted by Gasteiger charge is 2.08. The first-order valence-corrected chi connectivity index (χ1v) is 8.45. The third kappa shape index (κ3) is 4.24. The smallest absolute Gasteiger partial charge is 0.214 e. The zero-order chi connectivity index (χ0) is 16.1. The number of ether oxygens (including phenoxy) is 1. The zero-order valence-electron chi connectivity index (χ0n) is 12.5. The molecule has 0 atom stereocenters. The van der Waals surface area contributed by atoms with E-state index in [1.54, 1.807) is 16.4 Å². The highest BCUT2D eigenvalue weighted by molar-refractivity contribution is 7.99. The second-order valence-electron chi connectivity index (χ2n) is 4.86. The van der Waals surface area contributed by atoms with Crippen molar-refractivity contribution in [2.24, 2.45) is 0 Å². The molecule has 118 valence electrons. The number of tetrazole rings is 1. The van der Waals surface area contributed by atoms with Crippen LogP contribution in [0.3, 0.4) is 0 Å². The van der Waals surface area contributed by atoms with Gasteiger partial charge in [0, 0.05) is 10.8 Å². The Morgan fingerprint density at radius 1 is 1.09 bits per heavy atom. The van der Waals surface area contributed by atoms with E-state index in [2.05, 4.69) is 22.4 Å². The third-order valence-electron chi connectivity index (χ3n) is 3.12. The Labute approximate surface area is 143 Å². The molecule has 0 aliphatic heterocycles. The summed E-state index contributed by atoms with van der Waals surface area (Å²) in [5.74, 6) is 1.62. The van der Waals surface area contributed by atoms with Crippen molar-refractivity contribution >= 4 is 23.4 Å². The molecular formula is C16H15ClN4OS. The Bertz CT molecular complexity index is 759. The number of benzene rings is 2. The SMILES string of the molecule is Cc1ccc(OCCSc2nnnn2-c2ccc(Cl)cc2)cc1. The quantitative estimate of drug-likeness (QED) is 0.502. The normalized spacial score (nSPS) is 10.7. The summed E-state index contributed by atoms with van der Waals surface area (Å²) in [6, 6.07) is 15.4. The predicted molar refractivity (Wildman–Crippen MR) is 91.6 cm³/mol. The molecular weight excluding hydrogens is 332 g/mol. The minimum Gasteiger partial charge on any atom is -0.493 e. The second kappa shape index (κ2) is 7.48. The Morgan fingerprint density at radius 3 is 2.57 bits per heavy atom. The number of thioether (sulfide) groups is 1. The number of hydrogen-bond donors (Lipinski definition) is 0. The molecule has 0 aliphatic rings. The lowest BCUT2D eigenvalue weighted by Crippen LogP contribution is -2.03. The van der Waals surface area contributed by atoms with Gasteiger partial charge in [-0.2, -0.15) is 4.68 Å². The molecule has 0 bridgehead atoms. The maximum absolute atomic E-state index is 5.90. The van der Waals surface area contributed by atoms with Gasteiger partial charge >= 0.3 is 0 Å². The van der Waals surface area contributed by atoms with Gasteiger partial charge in [0.15, 0.2) is 0 Å². The van der Waals surface area contributed by atoms with Crippen LogP contribution in [-0.4, -0.2) is 32.6 Å². The first-order valence-electron chi connectivity index (χ1n) is 7.09. The fourth-order valence-electron chi connectivity index (χ4n) is 1.94. The monoisotopic (exact) mass is 346 g/mol. The topological polar surface area (TPSA) is 52.8 Å². The van der Waals surface area contributed by atoms with Crippen molar-refractivity contribution in [1.82, 2.24) is 20.2 Å². The first kappa shape index (κ1) is 15.8. The summed E-state index contributed by atoms with van der Waals surface area (Å²) in [6.07, 6.45) is 0. The van der Waals surface area contributed by atoms with Crippen molar-refractivity contribution in [2.45, 2.75) is 12.1 Å². The summed E-state index contributed by atoms with van der Waals surface area (Å²) < 4.78 is 7.39. The average molecular weight is 347 g/mol. The van der Waals surface area contributed by atoms with E-state index in [1.165, 1.54) is 5.56 Å². The Morgan fingerprint density at radius 2 is 1.83 bits per heavy atom. The van der Waals surface area contributed by atoms with Crippen molar-refractivity contribution < 1.29 is 4.74 Å². The minimum atomic E-state index is 0.585. The van der Waals surface area contributed by atoms with Gasteiger partial charge in [0.1, 0.15) is 5.75 Å². The number of aryl methyl sites for hydroxylation is 1. The fourth-order valence-corrected chi connectivity index (χ4v) is 2.77. The largest absolute Gasteiger partial charge is 0.493 e. The summed E-state index contributed by atoms with van der Waals surface area (Å²) in [7, 11) is 0. The molecule has 0 unspecified atom stereocenters. The van der Waals surface area contributed by atoms with Crippen molar-refractivity contribution in [1.29, 1.82) is 0 Å². The van der Waals surface area contributed by atoms with E-state index >= 15 is 0 Å². The molecule has 0 spiro atoms. The molecule has 5 nitrogen and oxygen atoms in total. The number of aromatic nitrogens is 4. The van der Waals surface area contributed by atoms with Crippen LogP contribution >= 0.6 is 23.4 Å². The van der Waals surface area contributed by atoms with Crippen LogP contribution < -0.4 is 4.74 Å². The summed E-state index contributed by atoms with van der Waals surface area (Å²) in [5, 5.41) is 13.2. The van der Waals surface area contributed by atoms with Crippen LogP contribution in [0.15, 0.2) is 53.7 Å².